The van der Waals surface area contributed by atoms with Gasteiger partial charge in [0.05, 0.1) is 0 Å². The standard InChI is InChI=1S/C26H26OS2/c1-2-6-17(5-1)23-13-19-9-11-21(15-25(19)28-23)27-22-12-10-20-14-24(29-26(20)16-22)18-7-3-4-8-18/h9-18H,1-8H2. The summed E-state index contributed by atoms with van der Waals surface area (Å²) < 4.78 is 8.98. The fourth-order valence-electron chi connectivity index (χ4n) is 5.15. The highest BCUT2D eigenvalue weighted by Gasteiger charge is 2.20. The lowest BCUT2D eigenvalue weighted by Gasteiger charge is -2.06. The average Bonchev–Trinajstić information content (AvgIpc) is 3.53. The van der Waals surface area contributed by atoms with Crippen LogP contribution in [0, 0.1) is 0 Å². The molecule has 3 heteroatoms. The minimum absolute atomic E-state index is 0.784. The van der Waals surface area contributed by atoms with E-state index in [-0.39, 0.29) is 0 Å². The number of thiophene rings is 2. The van der Waals surface area contributed by atoms with E-state index in [0.717, 1.165) is 23.3 Å². The van der Waals surface area contributed by atoms with E-state index in [1.54, 1.807) is 9.75 Å². The molecule has 2 saturated carbocycles. The van der Waals surface area contributed by atoms with E-state index in [4.69, 9.17) is 4.74 Å². The zero-order valence-electron chi connectivity index (χ0n) is 16.7. The van der Waals surface area contributed by atoms with Crippen LogP contribution < -0.4 is 4.74 Å². The molecule has 0 spiro atoms. The zero-order chi connectivity index (χ0) is 19.2. The second kappa shape index (κ2) is 7.45. The maximum atomic E-state index is 6.28. The molecular formula is C26H26OS2. The summed E-state index contributed by atoms with van der Waals surface area (Å²) in [6, 6.07) is 17.9. The summed E-state index contributed by atoms with van der Waals surface area (Å²) in [6.07, 6.45) is 11.0. The Morgan fingerprint density at radius 3 is 1.48 bits per heavy atom. The SMILES string of the molecule is c1cc2cc(C3CCCC3)sc2cc1Oc1ccc2cc(C3CCCC3)sc2c1. The van der Waals surface area contributed by atoms with Crippen LogP contribution in [0.2, 0.25) is 0 Å². The van der Waals surface area contributed by atoms with Crippen LogP contribution in [-0.4, -0.2) is 0 Å². The molecule has 0 aliphatic heterocycles. The lowest BCUT2D eigenvalue weighted by atomic mass is 10.1. The molecule has 0 unspecified atom stereocenters. The normalized spacial score (nSPS) is 18.3. The first-order chi connectivity index (χ1) is 14.3. The van der Waals surface area contributed by atoms with Crippen molar-refractivity contribution in [2.75, 3.05) is 0 Å². The summed E-state index contributed by atoms with van der Waals surface area (Å²) in [5.74, 6) is 3.47. The number of hydrogen-bond acceptors (Lipinski definition) is 3. The number of rotatable bonds is 4. The van der Waals surface area contributed by atoms with E-state index >= 15 is 0 Å². The van der Waals surface area contributed by atoms with Gasteiger partial charge in [0.1, 0.15) is 11.5 Å². The molecule has 148 valence electrons. The maximum Gasteiger partial charge on any atom is 0.128 e. The fraction of sp³-hybridized carbons (Fsp3) is 0.385. The summed E-state index contributed by atoms with van der Waals surface area (Å²) >= 11 is 3.92. The topological polar surface area (TPSA) is 9.23 Å². The molecule has 2 aliphatic rings. The minimum atomic E-state index is 0.784. The summed E-state index contributed by atoms with van der Waals surface area (Å²) in [4.78, 5) is 3.13. The first-order valence-electron chi connectivity index (χ1n) is 11.1. The number of ether oxygens (including phenoxy) is 1. The predicted molar refractivity (Wildman–Crippen MR) is 126 cm³/mol. The van der Waals surface area contributed by atoms with Crippen molar-refractivity contribution in [3.05, 3.63) is 58.3 Å². The molecule has 0 bridgehead atoms. The van der Waals surface area contributed by atoms with E-state index in [0.29, 0.717) is 0 Å². The highest BCUT2D eigenvalue weighted by Crippen LogP contribution is 2.43. The van der Waals surface area contributed by atoms with Crippen LogP contribution in [0.3, 0.4) is 0 Å². The highest BCUT2D eigenvalue weighted by molar-refractivity contribution is 7.19. The monoisotopic (exact) mass is 418 g/mol. The molecule has 2 fully saturated rings. The molecular weight excluding hydrogens is 392 g/mol. The molecule has 6 rings (SSSR count). The van der Waals surface area contributed by atoms with Crippen molar-refractivity contribution < 1.29 is 4.74 Å². The molecule has 2 aromatic carbocycles. The van der Waals surface area contributed by atoms with Crippen molar-refractivity contribution in [1.29, 1.82) is 0 Å². The molecule has 0 amide bonds. The van der Waals surface area contributed by atoms with E-state index in [1.807, 2.05) is 22.7 Å². The molecule has 1 nitrogen and oxygen atoms in total. The molecule has 2 aromatic heterocycles. The Bertz CT molecular complexity index is 1060. The second-order valence-corrected chi connectivity index (χ2v) is 11.0. The lowest BCUT2D eigenvalue weighted by molar-refractivity contribution is 0.484. The number of fused-ring (bicyclic) bond motifs is 2. The summed E-state index contributed by atoms with van der Waals surface area (Å²) in [6.45, 7) is 0. The van der Waals surface area contributed by atoms with Gasteiger partial charge in [0.15, 0.2) is 0 Å². The third-order valence-electron chi connectivity index (χ3n) is 6.77. The third kappa shape index (κ3) is 3.49. The fourth-order valence-corrected chi connectivity index (χ4v) is 7.67. The Morgan fingerprint density at radius 2 is 1.03 bits per heavy atom. The van der Waals surface area contributed by atoms with Crippen molar-refractivity contribution in [2.24, 2.45) is 0 Å². The van der Waals surface area contributed by atoms with Crippen molar-refractivity contribution in [3.8, 4) is 11.5 Å². The van der Waals surface area contributed by atoms with E-state index in [2.05, 4.69) is 48.5 Å². The maximum absolute atomic E-state index is 6.28. The van der Waals surface area contributed by atoms with Crippen LogP contribution in [0.4, 0.5) is 0 Å². The molecule has 0 radical (unpaired) electrons. The number of benzene rings is 2. The van der Waals surface area contributed by atoms with E-state index < -0.39 is 0 Å². The molecule has 0 atom stereocenters. The number of hydrogen-bond donors (Lipinski definition) is 0. The molecule has 0 saturated heterocycles. The van der Waals surface area contributed by atoms with Crippen LogP contribution in [0.15, 0.2) is 48.5 Å². The Kier molecular flexibility index (Phi) is 4.61. The predicted octanol–water partition coefficient (Wildman–Crippen LogP) is 9.22. The molecule has 4 aromatic rings. The summed E-state index contributed by atoms with van der Waals surface area (Å²) in [5, 5.41) is 2.72. The van der Waals surface area contributed by atoms with Crippen molar-refractivity contribution in [2.45, 2.75) is 63.2 Å². The third-order valence-corrected chi connectivity index (χ3v) is 9.29. The van der Waals surface area contributed by atoms with Crippen LogP contribution in [-0.2, 0) is 0 Å². The van der Waals surface area contributed by atoms with Gasteiger partial charge in [-0.25, -0.2) is 0 Å². The van der Waals surface area contributed by atoms with Gasteiger partial charge in [0, 0.05) is 19.2 Å². The van der Waals surface area contributed by atoms with Gasteiger partial charge in [-0.1, -0.05) is 25.7 Å². The second-order valence-electron chi connectivity index (χ2n) is 8.76. The van der Waals surface area contributed by atoms with Gasteiger partial charge in [-0.15, -0.1) is 22.7 Å². The van der Waals surface area contributed by atoms with Crippen molar-refractivity contribution in [3.63, 3.8) is 0 Å². The quantitative estimate of drug-likeness (QED) is 0.321. The largest absolute Gasteiger partial charge is 0.457 e. The zero-order valence-corrected chi connectivity index (χ0v) is 18.3. The van der Waals surface area contributed by atoms with Gasteiger partial charge in [-0.05, 0) is 96.8 Å². The van der Waals surface area contributed by atoms with E-state index in [1.165, 1.54) is 71.5 Å². The van der Waals surface area contributed by atoms with Gasteiger partial charge < -0.3 is 4.74 Å². The van der Waals surface area contributed by atoms with Gasteiger partial charge in [-0.2, -0.15) is 0 Å². The van der Waals surface area contributed by atoms with Gasteiger partial charge in [0.25, 0.3) is 0 Å². The van der Waals surface area contributed by atoms with E-state index in [9.17, 15) is 0 Å². The van der Waals surface area contributed by atoms with Gasteiger partial charge in [-0.3, -0.25) is 0 Å². The first-order valence-corrected chi connectivity index (χ1v) is 12.7. The Balaban J connectivity index is 1.26. The average molecular weight is 419 g/mol. The van der Waals surface area contributed by atoms with Crippen LogP contribution >= 0.6 is 22.7 Å². The smallest absolute Gasteiger partial charge is 0.128 e. The highest BCUT2D eigenvalue weighted by atomic mass is 32.1. The van der Waals surface area contributed by atoms with Crippen LogP contribution in [0.5, 0.6) is 11.5 Å². The summed E-state index contributed by atoms with van der Waals surface area (Å²) in [7, 11) is 0. The Morgan fingerprint density at radius 1 is 0.586 bits per heavy atom. The molecule has 2 aliphatic carbocycles. The van der Waals surface area contributed by atoms with Crippen molar-refractivity contribution >= 4 is 42.8 Å². The Hall–Kier alpha value is -1.84. The lowest BCUT2D eigenvalue weighted by Crippen LogP contribution is -1.85. The molecule has 29 heavy (non-hydrogen) atoms. The molecule has 0 N–H and O–H groups in total. The van der Waals surface area contributed by atoms with Crippen LogP contribution in [0.1, 0.15) is 73.0 Å². The minimum Gasteiger partial charge on any atom is -0.457 e. The summed E-state index contributed by atoms with van der Waals surface area (Å²) in [5.41, 5.74) is 0. The van der Waals surface area contributed by atoms with Gasteiger partial charge >= 0.3 is 0 Å². The van der Waals surface area contributed by atoms with Crippen LogP contribution in [0.25, 0.3) is 20.2 Å². The Labute approximate surface area is 180 Å². The first kappa shape index (κ1) is 18.0. The van der Waals surface area contributed by atoms with Crippen molar-refractivity contribution in [1.82, 2.24) is 0 Å². The molecule has 2 heterocycles. The van der Waals surface area contributed by atoms with Gasteiger partial charge in [0.2, 0.25) is 0 Å².